The standard InChI is InChI=1S/C12H16BrN3O2/c1-3-15(9-4-5-9)11(17)7-16-8(2)14-6-10(13)12(16)18/h6,9H,3-5,7H2,1-2H3. The molecule has 0 bridgehead atoms. The van der Waals surface area contributed by atoms with Crippen LogP contribution < -0.4 is 5.56 Å². The normalized spacial score (nSPS) is 14.6. The first kappa shape index (κ1) is 13.3. The maximum Gasteiger partial charge on any atom is 0.268 e. The fourth-order valence-corrected chi connectivity index (χ4v) is 2.30. The maximum absolute atomic E-state index is 12.2. The Morgan fingerprint density at radius 1 is 1.61 bits per heavy atom. The van der Waals surface area contributed by atoms with Crippen molar-refractivity contribution in [2.45, 2.75) is 39.3 Å². The van der Waals surface area contributed by atoms with E-state index in [-0.39, 0.29) is 18.0 Å². The van der Waals surface area contributed by atoms with E-state index < -0.39 is 0 Å². The lowest BCUT2D eigenvalue weighted by molar-refractivity contribution is -0.132. The van der Waals surface area contributed by atoms with Crippen LogP contribution in [0.1, 0.15) is 25.6 Å². The van der Waals surface area contributed by atoms with Crippen LogP contribution in [-0.4, -0.2) is 32.9 Å². The molecule has 1 aliphatic rings. The molecule has 0 radical (unpaired) electrons. The summed E-state index contributed by atoms with van der Waals surface area (Å²) in [4.78, 5) is 30.0. The number of amides is 1. The molecular weight excluding hydrogens is 298 g/mol. The average molecular weight is 314 g/mol. The third-order valence-corrected chi connectivity index (χ3v) is 3.69. The summed E-state index contributed by atoms with van der Waals surface area (Å²) >= 11 is 3.14. The van der Waals surface area contributed by atoms with E-state index in [0.717, 1.165) is 12.8 Å². The van der Waals surface area contributed by atoms with Gasteiger partial charge in [0, 0.05) is 18.8 Å². The van der Waals surface area contributed by atoms with Gasteiger partial charge < -0.3 is 4.90 Å². The number of likely N-dealkylation sites (N-methyl/N-ethyl adjacent to an activating group) is 1. The number of aryl methyl sites for hydroxylation is 1. The lowest BCUT2D eigenvalue weighted by Gasteiger charge is -2.21. The minimum absolute atomic E-state index is 0.00917. The molecule has 0 atom stereocenters. The Morgan fingerprint density at radius 3 is 2.83 bits per heavy atom. The third kappa shape index (κ3) is 2.63. The first-order chi connectivity index (χ1) is 8.54. The van der Waals surface area contributed by atoms with Crippen molar-refractivity contribution in [3.63, 3.8) is 0 Å². The van der Waals surface area contributed by atoms with Crippen molar-refractivity contribution < 1.29 is 4.79 Å². The van der Waals surface area contributed by atoms with Gasteiger partial charge in [0.1, 0.15) is 16.8 Å². The van der Waals surface area contributed by atoms with Crippen LogP contribution in [0.5, 0.6) is 0 Å². The lowest BCUT2D eigenvalue weighted by atomic mass is 10.4. The monoisotopic (exact) mass is 313 g/mol. The third-order valence-electron chi connectivity index (χ3n) is 3.15. The summed E-state index contributed by atoms with van der Waals surface area (Å²) in [6.45, 7) is 4.46. The van der Waals surface area contributed by atoms with Crippen molar-refractivity contribution in [2.24, 2.45) is 0 Å². The Kier molecular flexibility index (Phi) is 3.85. The molecule has 6 heteroatoms. The van der Waals surface area contributed by atoms with E-state index in [2.05, 4.69) is 20.9 Å². The Balaban J connectivity index is 2.21. The van der Waals surface area contributed by atoms with Crippen molar-refractivity contribution in [3.8, 4) is 0 Å². The van der Waals surface area contributed by atoms with Gasteiger partial charge in [-0.25, -0.2) is 4.98 Å². The van der Waals surface area contributed by atoms with Gasteiger partial charge in [0.2, 0.25) is 5.91 Å². The molecule has 1 saturated carbocycles. The largest absolute Gasteiger partial charge is 0.338 e. The number of hydrogen-bond donors (Lipinski definition) is 0. The van der Waals surface area contributed by atoms with E-state index in [1.807, 2.05) is 11.8 Å². The van der Waals surface area contributed by atoms with Crippen molar-refractivity contribution >= 4 is 21.8 Å². The van der Waals surface area contributed by atoms with E-state index in [1.54, 1.807) is 6.92 Å². The van der Waals surface area contributed by atoms with Gasteiger partial charge in [-0.05, 0) is 42.6 Å². The van der Waals surface area contributed by atoms with Gasteiger partial charge in [-0.1, -0.05) is 0 Å². The molecule has 5 nitrogen and oxygen atoms in total. The predicted octanol–water partition coefficient (Wildman–Crippen LogP) is 1.33. The van der Waals surface area contributed by atoms with Crippen LogP contribution in [0.3, 0.4) is 0 Å². The second-order valence-corrected chi connectivity index (χ2v) is 5.31. The molecule has 98 valence electrons. The van der Waals surface area contributed by atoms with E-state index in [1.165, 1.54) is 10.8 Å². The highest BCUT2D eigenvalue weighted by molar-refractivity contribution is 9.10. The van der Waals surface area contributed by atoms with E-state index in [9.17, 15) is 9.59 Å². The molecule has 1 aromatic rings. The SMILES string of the molecule is CCN(C(=O)Cn1c(C)ncc(Br)c1=O)C1CC1. The Bertz CT molecular complexity index is 523. The summed E-state index contributed by atoms with van der Waals surface area (Å²) < 4.78 is 1.80. The zero-order chi connectivity index (χ0) is 13.3. The van der Waals surface area contributed by atoms with Crippen molar-refractivity contribution in [2.75, 3.05) is 6.54 Å². The van der Waals surface area contributed by atoms with E-state index in [4.69, 9.17) is 0 Å². The number of carbonyl (C=O) groups excluding carboxylic acids is 1. The number of nitrogens with zero attached hydrogens (tertiary/aromatic N) is 3. The molecule has 0 aromatic carbocycles. The summed E-state index contributed by atoms with van der Waals surface area (Å²) in [6, 6.07) is 0.374. The number of rotatable bonds is 4. The summed E-state index contributed by atoms with van der Waals surface area (Å²) in [5, 5.41) is 0. The van der Waals surface area contributed by atoms with Crippen LogP contribution in [0, 0.1) is 6.92 Å². The molecule has 2 rings (SSSR count). The number of hydrogen-bond acceptors (Lipinski definition) is 3. The number of carbonyl (C=O) groups is 1. The molecule has 0 saturated heterocycles. The average Bonchev–Trinajstić information content (AvgIpc) is 3.15. The second-order valence-electron chi connectivity index (χ2n) is 4.46. The van der Waals surface area contributed by atoms with Gasteiger partial charge in [0.25, 0.3) is 5.56 Å². The zero-order valence-corrected chi connectivity index (χ0v) is 12.1. The summed E-state index contributed by atoms with van der Waals surface area (Å²) in [7, 11) is 0. The van der Waals surface area contributed by atoms with E-state index >= 15 is 0 Å². The topological polar surface area (TPSA) is 55.2 Å². The highest BCUT2D eigenvalue weighted by Gasteiger charge is 2.31. The van der Waals surface area contributed by atoms with Gasteiger partial charge >= 0.3 is 0 Å². The van der Waals surface area contributed by atoms with Gasteiger partial charge in [0.05, 0.1) is 0 Å². The molecule has 18 heavy (non-hydrogen) atoms. The zero-order valence-electron chi connectivity index (χ0n) is 10.5. The van der Waals surface area contributed by atoms with Crippen LogP contribution >= 0.6 is 15.9 Å². The first-order valence-electron chi connectivity index (χ1n) is 6.06. The minimum atomic E-state index is -0.206. The summed E-state index contributed by atoms with van der Waals surface area (Å²) in [6.07, 6.45) is 3.62. The van der Waals surface area contributed by atoms with Crippen LogP contribution in [0.4, 0.5) is 0 Å². The summed E-state index contributed by atoms with van der Waals surface area (Å²) in [5.41, 5.74) is -0.206. The fourth-order valence-electron chi connectivity index (χ4n) is 1.99. The first-order valence-corrected chi connectivity index (χ1v) is 6.85. The molecule has 1 aromatic heterocycles. The van der Waals surface area contributed by atoms with E-state index in [0.29, 0.717) is 22.9 Å². The lowest BCUT2D eigenvalue weighted by Crippen LogP contribution is -2.38. The second kappa shape index (κ2) is 5.22. The summed E-state index contributed by atoms with van der Waals surface area (Å²) in [5.74, 6) is 0.550. The van der Waals surface area contributed by atoms with Crippen molar-refractivity contribution in [1.82, 2.24) is 14.5 Å². The number of aromatic nitrogens is 2. The molecule has 1 heterocycles. The number of halogens is 1. The maximum atomic E-state index is 12.2. The van der Waals surface area contributed by atoms with Crippen molar-refractivity contribution in [1.29, 1.82) is 0 Å². The van der Waals surface area contributed by atoms with Crippen LogP contribution in [0.25, 0.3) is 0 Å². The Labute approximate surface area is 114 Å². The van der Waals surface area contributed by atoms with Crippen LogP contribution in [-0.2, 0) is 11.3 Å². The molecule has 0 unspecified atom stereocenters. The minimum Gasteiger partial charge on any atom is -0.338 e. The highest BCUT2D eigenvalue weighted by atomic mass is 79.9. The highest BCUT2D eigenvalue weighted by Crippen LogP contribution is 2.26. The Morgan fingerprint density at radius 2 is 2.28 bits per heavy atom. The molecular formula is C12H16BrN3O2. The molecule has 0 N–H and O–H groups in total. The van der Waals surface area contributed by atoms with Gasteiger partial charge in [-0.15, -0.1) is 0 Å². The molecule has 1 amide bonds. The molecule has 0 spiro atoms. The van der Waals surface area contributed by atoms with Crippen molar-refractivity contribution in [3.05, 3.63) is 26.8 Å². The smallest absolute Gasteiger partial charge is 0.268 e. The fraction of sp³-hybridized carbons (Fsp3) is 0.583. The predicted molar refractivity (Wildman–Crippen MR) is 71.3 cm³/mol. The van der Waals surface area contributed by atoms with Gasteiger partial charge in [-0.2, -0.15) is 0 Å². The Hall–Kier alpha value is -1.17. The van der Waals surface area contributed by atoms with Gasteiger partial charge in [-0.3, -0.25) is 14.2 Å². The molecule has 1 aliphatic carbocycles. The molecule has 0 aliphatic heterocycles. The quantitative estimate of drug-likeness (QED) is 0.842. The van der Waals surface area contributed by atoms with Crippen LogP contribution in [0.15, 0.2) is 15.5 Å². The van der Waals surface area contributed by atoms with Crippen LogP contribution in [0.2, 0.25) is 0 Å². The van der Waals surface area contributed by atoms with Gasteiger partial charge in [0.15, 0.2) is 0 Å². The molecule has 1 fully saturated rings.